The Labute approximate surface area is 145 Å². The number of thioether (sulfide) groups is 1. The molecule has 0 radical (unpaired) electrons. The van der Waals surface area contributed by atoms with E-state index in [0.717, 1.165) is 27.0 Å². The van der Waals surface area contributed by atoms with E-state index in [0.29, 0.717) is 0 Å². The van der Waals surface area contributed by atoms with Gasteiger partial charge in [0.05, 0.1) is 15.9 Å². The molecule has 0 amide bonds. The minimum atomic E-state index is 0.841. The van der Waals surface area contributed by atoms with Gasteiger partial charge in [0.2, 0.25) is 0 Å². The van der Waals surface area contributed by atoms with Crippen LogP contribution >= 0.6 is 34.4 Å². The largest absolute Gasteiger partial charge is 0.307 e. The molecule has 3 aromatic heterocycles. The van der Waals surface area contributed by atoms with E-state index in [4.69, 9.17) is 0 Å². The van der Waals surface area contributed by atoms with E-state index in [-0.39, 0.29) is 0 Å². The summed E-state index contributed by atoms with van der Waals surface area (Å²) in [5, 5.41) is 7.04. The maximum Gasteiger partial charge on any atom is 0.190 e. The van der Waals surface area contributed by atoms with Crippen molar-refractivity contribution < 1.29 is 0 Å². The second-order valence-electron chi connectivity index (χ2n) is 4.76. The van der Waals surface area contributed by atoms with Crippen LogP contribution in [-0.2, 0) is 0 Å². The minimum Gasteiger partial charge on any atom is -0.307 e. The third-order valence-electron chi connectivity index (χ3n) is 3.27. The van der Waals surface area contributed by atoms with E-state index < -0.39 is 0 Å². The standard InChI is InChI=1S/C16H12N4S3/c1-21-11-4-5-12-14(7-11)23-16(18-12)20-15-19-13(9-22-15)10-3-2-6-17-8-10/h2-9H,1H3,(H,18,19,20). The number of aromatic nitrogens is 3. The minimum absolute atomic E-state index is 0.841. The molecule has 1 aromatic carbocycles. The molecule has 4 nitrogen and oxygen atoms in total. The Bertz CT molecular complexity index is 946. The number of nitrogens with zero attached hydrogens (tertiary/aromatic N) is 3. The summed E-state index contributed by atoms with van der Waals surface area (Å²) in [5.41, 5.74) is 2.96. The lowest BCUT2D eigenvalue weighted by atomic mass is 10.2. The van der Waals surface area contributed by atoms with E-state index in [1.165, 1.54) is 9.60 Å². The predicted molar refractivity (Wildman–Crippen MR) is 100 cm³/mol. The van der Waals surface area contributed by atoms with Gasteiger partial charge in [0.25, 0.3) is 0 Å². The van der Waals surface area contributed by atoms with Crippen LogP contribution in [0.3, 0.4) is 0 Å². The number of anilines is 2. The molecule has 0 aliphatic heterocycles. The Hall–Kier alpha value is -1.96. The maximum absolute atomic E-state index is 4.62. The van der Waals surface area contributed by atoms with Crippen molar-refractivity contribution in [2.75, 3.05) is 11.6 Å². The Kier molecular flexibility index (Phi) is 3.99. The molecule has 0 saturated heterocycles. The molecule has 4 rings (SSSR count). The first-order valence-electron chi connectivity index (χ1n) is 6.89. The van der Waals surface area contributed by atoms with E-state index in [1.54, 1.807) is 40.6 Å². The number of fused-ring (bicyclic) bond motifs is 1. The van der Waals surface area contributed by atoms with Crippen LogP contribution in [-0.4, -0.2) is 21.2 Å². The summed E-state index contributed by atoms with van der Waals surface area (Å²) < 4.78 is 1.18. The number of hydrogen-bond acceptors (Lipinski definition) is 7. The molecule has 3 heterocycles. The highest BCUT2D eigenvalue weighted by atomic mass is 32.2. The van der Waals surface area contributed by atoms with Crippen LogP contribution in [0.1, 0.15) is 0 Å². The number of benzene rings is 1. The highest BCUT2D eigenvalue weighted by molar-refractivity contribution is 7.98. The quantitative estimate of drug-likeness (QED) is 0.504. The van der Waals surface area contributed by atoms with E-state index >= 15 is 0 Å². The van der Waals surface area contributed by atoms with Gasteiger partial charge in [-0.25, -0.2) is 9.97 Å². The van der Waals surface area contributed by atoms with Crippen molar-refractivity contribution in [2.24, 2.45) is 0 Å². The van der Waals surface area contributed by atoms with Gasteiger partial charge in [-0.15, -0.1) is 23.1 Å². The van der Waals surface area contributed by atoms with Gasteiger partial charge < -0.3 is 5.32 Å². The predicted octanol–water partition coefficient (Wildman–Crippen LogP) is 5.28. The van der Waals surface area contributed by atoms with Gasteiger partial charge in [0.15, 0.2) is 10.3 Å². The molecule has 1 N–H and O–H groups in total. The zero-order chi connectivity index (χ0) is 15.6. The summed E-state index contributed by atoms with van der Waals surface area (Å²) in [6.07, 6.45) is 5.66. The fourth-order valence-electron chi connectivity index (χ4n) is 2.15. The number of rotatable bonds is 4. The van der Waals surface area contributed by atoms with Gasteiger partial charge in [-0.3, -0.25) is 4.98 Å². The second kappa shape index (κ2) is 6.27. The van der Waals surface area contributed by atoms with E-state index in [9.17, 15) is 0 Å². The van der Waals surface area contributed by atoms with Crippen LogP contribution in [0, 0.1) is 0 Å². The summed E-state index contributed by atoms with van der Waals surface area (Å²) in [4.78, 5) is 14.6. The maximum atomic E-state index is 4.62. The van der Waals surface area contributed by atoms with Crippen molar-refractivity contribution in [3.63, 3.8) is 0 Å². The van der Waals surface area contributed by atoms with Crippen molar-refractivity contribution in [2.45, 2.75) is 4.90 Å². The fraction of sp³-hybridized carbons (Fsp3) is 0.0625. The lowest BCUT2D eigenvalue weighted by Gasteiger charge is -1.96. The molecule has 0 aliphatic rings. The van der Waals surface area contributed by atoms with Crippen molar-refractivity contribution >= 4 is 54.9 Å². The van der Waals surface area contributed by atoms with Crippen LogP contribution < -0.4 is 5.32 Å². The second-order valence-corrected chi connectivity index (χ2v) is 7.53. The molecule has 0 unspecified atom stereocenters. The van der Waals surface area contributed by atoms with Crippen LogP contribution in [0.25, 0.3) is 21.5 Å². The highest BCUT2D eigenvalue weighted by Gasteiger charge is 2.08. The number of nitrogens with one attached hydrogen (secondary N) is 1. The van der Waals surface area contributed by atoms with Crippen LogP contribution in [0.4, 0.5) is 10.3 Å². The summed E-state index contributed by atoms with van der Waals surface area (Å²) in [7, 11) is 0. The summed E-state index contributed by atoms with van der Waals surface area (Å²) in [6, 6.07) is 10.3. The van der Waals surface area contributed by atoms with Crippen molar-refractivity contribution in [1.82, 2.24) is 15.0 Å². The van der Waals surface area contributed by atoms with Gasteiger partial charge in [-0.05, 0) is 36.6 Å². The molecule has 4 aromatic rings. The smallest absolute Gasteiger partial charge is 0.190 e. The van der Waals surface area contributed by atoms with Gasteiger partial charge in [0.1, 0.15) is 0 Å². The van der Waals surface area contributed by atoms with Gasteiger partial charge in [0, 0.05) is 28.2 Å². The van der Waals surface area contributed by atoms with E-state index in [2.05, 4.69) is 44.7 Å². The van der Waals surface area contributed by atoms with E-state index in [1.807, 2.05) is 23.7 Å². The zero-order valence-corrected chi connectivity index (χ0v) is 14.6. The first kappa shape index (κ1) is 14.6. The first-order chi connectivity index (χ1) is 11.3. The summed E-state index contributed by atoms with van der Waals surface area (Å²) >= 11 is 4.95. The molecular formula is C16H12N4S3. The number of pyridine rings is 1. The molecule has 0 atom stereocenters. The average molecular weight is 357 g/mol. The highest BCUT2D eigenvalue weighted by Crippen LogP contribution is 2.32. The Morgan fingerprint density at radius 1 is 1.13 bits per heavy atom. The zero-order valence-electron chi connectivity index (χ0n) is 12.2. The van der Waals surface area contributed by atoms with Crippen LogP contribution in [0.2, 0.25) is 0 Å². The van der Waals surface area contributed by atoms with Gasteiger partial charge in [-0.2, -0.15) is 0 Å². The average Bonchev–Trinajstić information content (AvgIpc) is 3.21. The van der Waals surface area contributed by atoms with Crippen molar-refractivity contribution in [3.05, 3.63) is 48.1 Å². The van der Waals surface area contributed by atoms with Crippen molar-refractivity contribution in [1.29, 1.82) is 0 Å². The monoisotopic (exact) mass is 356 g/mol. The Balaban J connectivity index is 1.60. The fourth-order valence-corrected chi connectivity index (χ4v) is 4.36. The third kappa shape index (κ3) is 3.08. The molecule has 0 fully saturated rings. The summed E-state index contributed by atoms with van der Waals surface area (Å²) in [6.45, 7) is 0. The molecule has 0 saturated carbocycles. The van der Waals surface area contributed by atoms with Crippen LogP contribution in [0.5, 0.6) is 0 Å². The SMILES string of the molecule is CSc1ccc2nc(Nc3nc(-c4cccnc4)cs3)sc2c1. The summed E-state index contributed by atoms with van der Waals surface area (Å²) in [5.74, 6) is 0. The molecule has 114 valence electrons. The topological polar surface area (TPSA) is 50.7 Å². The van der Waals surface area contributed by atoms with Gasteiger partial charge >= 0.3 is 0 Å². The normalized spacial score (nSPS) is 11.0. The van der Waals surface area contributed by atoms with Crippen molar-refractivity contribution in [3.8, 4) is 11.3 Å². The lowest BCUT2D eigenvalue weighted by molar-refractivity contribution is 1.30. The third-order valence-corrected chi connectivity index (χ3v) is 5.69. The molecule has 0 bridgehead atoms. The molecule has 7 heteroatoms. The Morgan fingerprint density at radius 2 is 2.09 bits per heavy atom. The molecule has 0 spiro atoms. The molecule has 23 heavy (non-hydrogen) atoms. The lowest BCUT2D eigenvalue weighted by Crippen LogP contribution is -1.88. The number of thiazole rings is 2. The number of hydrogen-bond donors (Lipinski definition) is 1. The molecule has 0 aliphatic carbocycles. The van der Waals surface area contributed by atoms with Gasteiger partial charge in [-0.1, -0.05) is 11.3 Å². The Morgan fingerprint density at radius 3 is 2.91 bits per heavy atom. The molecular weight excluding hydrogens is 344 g/mol. The first-order valence-corrected chi connectivity index (χ1v) is 9.81. The van der Waals surface area contributed by atoms with Crippen LogP contribution in [0.15, 0.2) is 53.0 Å².